The van der Waals surface area contributed by atoms with Gasteiger partial charge in [0.05, 0.1) is 8.41 Å². The number of benzene rings is 1. The molecule has 1 nitrogen and oxygen atoms in total. The third-order valence-electron chi connectivity index (χ3n) is 1.36. The van der Waals surface area contributed by atoms with Gasteiger partial charge in [-0.1, -0.05) is 18.2 Å². The molecule has 0 N–H and O–H groups in total. The van der Waals surface area contributed by atoms with Gasteiger partial charge < -0.3 is 4.74 Å². The molecular formula is C7H9BO. The molecule has 0 radical (unpaired) electrons. The molecular weight excluding hydrogens is 111 g/mol. The number of para-hydroxylation sites is 1. The largest absolute Gasteiger partial charge is 0.488 e. The van der Waals surface area contributed by atoms with Crippen LogP contribution in [-0.4, -0.2) is 8.41 Å². The molecule has 0 spiro atoms. The predicted molar refractivity (Wildman–Crippen MR) is 40.7 cm³/mol. The molecule has 46 valence electrons. The number of rotatable bonds is 0. The van der Waals surface area contributed by atoms with Crippen molar-refractivity contribution in [3.05, 3.63) is 29.8 Å². The first-order chi connectivity index (χ1) is 3.97. The third kappa shape index (κ3) is 0.805. The van der Waals surface area contributed by atoms with Gasteiger partial charge in [-0.2, -0.15) is 0 Å². The fourth-order valence-corrected chi connectivity index (χ4v) is 0.839. The van der Waals surface area contributed by atoms with Crippen LogP contribution in [0.25, 0.3) is 0 Å². The zero-order chi connectivity index (χ0) is 5.40. The smallest absolute Gasteiger partial charge is 0.126 e. The summed E-state index contributed by atoms with van der Waals surface area (Å²) in [5.74, 6) is 1.05. The molecule has 2 heteroatoms. The van der Waals surface area contributed by atoms with Crippen molar-refractivity contribution in [2.75, 3.05) is 0 Å². The Labute approximate surface area is 56.2 Å². The SMILES string of the molecule is B.c1ccc2c(c1)CO2. The number of hydrogen-bond acceptors (Lipinski definition) is 1. The normalized spacial score (nSPS) is 12.0. The summed E-state index contributed by atoms with van der Waals surface area (Å²) in [5, 5.41) is 0. The minimum Gasteiger partial charge on any atom is -0.488 e. The Morgan fingerprint density at radius 1 is 1.22 bits per heavy atom. The van der Waals surface area contributed by atoms with Gasteiger partial charge in [-0.25, -0.2) is 0 Å². The Kier molecular flexibility index (Phi) is 1.47. The highest BCUT2D eigenvalue weighted by molar-refractivity contribution is 5.75. The van der Waals surface area contributed by atoms with Crippen LogP contribution in [0.15, 0.2) is 24.3 Å². The van der Waals surface area contributed by atoms with Gasteiger partial charge in [0.2, 0.25) is 0 Å². The Morgan fingerprint density at radius 2 is 2.00 bits per heavy atom. The molecule has 0 aliphatic carbocycles. The van der Waals surface area contributed by atoms with Crippen molar-refractivity contribution >= 4 is 8.41 Å². The molecule has 0 amide bonds. The van der Waals surface area contributed by atoms with Gasteiger partial charge in [-0.15, -0.1) is 0 Å². The molecule has 9 heavy (non-hydrogen) atoms. The second-order valence-electron chi connectivity index (χ2n) is 1.90. The molecule has 0 aromatic heterocycles. The lowest BCUT2D eigenvalue weighted by Gasteiger charge is -2.18. The van der Waals surface area contributed by atoms with E-state index in [2.05, 4.69) is 6.07 Å². The van der Waals surface area contributed by atoms with Crippen molar-refractivity contribution in [1.82, 2.24) is 0 Å². The fraction of sp³-hybridized carbons (Fsp3) is 0.143. The highest BCUT2D eigenvalue weighted by Gasteiger charge is 2.10. The number of fused-ring (bicyclic) bond motifs is 1. The van der Waals surface area contributed by atoms with Crippen molar-refractivity contribution in [2.45, 2.75) is 6.61 Å². The average Bonchev–Trinajstić information content (AvgIpc) is 1.72. The minimum absolute atomic E-state index is 0. The molecule has 1 aliphatic heterocycles. The first kappa shape index (κ1) is 6.21. The zero-order valence-corrected chi connectivity index (χ0v) is 4.42. The Hall–Kier alpha value is -0.915. The maximum absolute atomic E-state index is 5.08. The van der Waals surface area contributed by atoms with Gasteiger partial charge in [0.1, 0.15) is 12.4 Å². The van der Waals surface area contributed by atoms with E-state index in [0.717, 1.165) is 12.4 Å². The van der Waals surface area contributed by atoms with E-state index in [0.29, 0.717) is 0 Å². The van der Waals surface area contributed by atoms with Crippen molar-refractivity contribution in [3.63, 3.8) is 0 Å². The maximum atomic E-state index is 5.08. The molecule has 1 aromatic rings. The van der Waals surface area contributed by atoms with E-state index >= 15 is 0 Å². The van der Waals surface area contributed by atoms with Crippen molar-refractivity contribution < 1.29 is 4.74 Å². The predicted octanol–water partition coefficient (Wildman–Crippen LogP) is 0.395. The molecule has 1 aliphatic rings. The van der Waals surface area contributed by atoms with E-state index < -0.39 is 0 Å². The van der Waals surface area contributed by atoms with Crippen LogP contribution in [-0.2, 0) is 6.61 Å². The van der Waals surface area contributed by atoms with Crippen LogP contribution >= 0.6 is 0 Å². The summed E-state index contributed by atoms with van der Waals surface area (Å²) in [6, 6.07) is 8.08. The summed E-state index contributed by atoms with van der Waals surface area (Å²) in [7, 11) is 0. The second kappa shape index (κ2) is 2.13. The van der Waals surface area contributed by atoms with Gasteiger partial charge in [0.15, 0.2) is 0 Å². The van der Waals surface area contributed by atoms with Crippen LogP contribution < -0.4 is 4.74 Å². The summed E-state index contributed by atoms with van der Waals surface area (Å²) in [4.78, 5) is 0. The lowest BCUT2D eigenvalue weighted by atomic mass is 10.1. The van der Waals surface area contributed by atoms with Gasteiger partial charge in [-0.05, 0) is 6.07 Å². The van der Waals surface area contributed by atoms with Crippen LogP contribution in [0.5, 0.6) is 5.75 Å². The lowest BCUT2D eigenvalue weighted by Crippen LogP contribution is -2.07. The van der Waals surface area contributed by atoms with E-state index in [1.54, 1.807) is 0 Å². The van der Waals surface area contributed by atoms with E-state index in [1.165, 1.54) is 5.56 Å². The highest BCUT2D eigenvalue weighted by Crippen LogP contribution is 2.27. The summed E-state index contributed by atoms with van der Waals surface area (Å²) in [6.45, 7) is 0.802. The minimum atomic E-state index is 0. The van der Waals surface area contributed by atoms with E-state index in [9.17, 15) is 0 Å². The molecule has 0 bridgehead atoms. The molecule has 2 rings (SSSR count). The first-order valence-corrected chi connectivity index (χ1v) is 2.67. The molecule has 0 saturated heterocycles. The maximum Gasteiger partial charge on any atom is 0.126 e. The topological polar surface area (TPSA) is 9.23 Å². The molecule has 0 saturated carbocycles. The van der Waals surface area contributed by atoms with Gasteiger partial charge in [0, 0.05) is 5.56 Å². The van der Waals surface area contributed by atoms with Crippen molar-refractivity contribution in [1.29, 1.82) is 0 Å². The summed E-state index contributed by atoms with van der Waals surface area (Å²) < 4.78 is 5.08. The highest BCUT2D eigenvalue weighted by atomic mass is 16.5. The molecule has 0 unspecified atom stereocenters. The van der Waals surface area contributed by atoms with Crippen LogP contribution in [0.3, 0.4) is 0 Å². The Morgan fingerprint density at radius 3 is 2.33 bits per heavy atom. The molecule has 0 atom stereocenters. The monoisotopic (exact) mass is 120 g/mol. The van der Waals surface area contributed by atoms with Crippen LogP contribution in [0, 0.1) is 0 Å². The lowest BCUT2D eigenvalue weighted by molar-refractivity contribution is 0.243. The molecule has 0 fully saturated rings. The van der Waals surface area contributed by atoms with Gasteiger partial charge in [-0.3, -0.25) is 0 Å². The zero-order valence-electron chi connectivity index (χ0n) is 4.42. The Balaban J connectivity index is 0.000000405. The first-order valence-electron chi connectivity index (χ1n) is 2.67. The molecule has 1 aromatic carbocycles. The van der Waals surface area contributed by atoms with E-state index in [4.69, 9.17) is 4.74 Å². The van der Waals surface area contributed by atoms with E-state index in [1.807, 2.05) is 18.2 Å². The van der Waals surface area contributed by atoms with Crippen LogP contribution in [0.1, 0.15) is 5.56 Å². The quantitative estimate of drug-likeness (QED) is 0.450. The van der Waals surface area contributed by atoms with Crippen LogP contribution in [0.4, 0.5) is 0 Å². The summed E-state index contributed by atoms with van der Waals surface area (Å²) in [6.07, 6.45) is 0. The molecule has 1 heterocycles. The van der Waals surface area contributed by atoms with Crippen LogP contribution in [0.2, 0.25) is 0 Å². The summed E-state index contributed by atoms with van der Waals surface area (Å²) >= 11 is 0. The summed E-state index contributed by atoms with van der Waals surface area (Å²) in [5.41, 5.74) is 1.33. The number of ether oxygens (including phenoxy) is 1. The number of hydrogen-bond donors (Lipinski definition) is 0. The third-order valence-corrected chi connectivity index (χ3v) is 1.36. The standard InChI is InChI=1S/C7H6O.BH3/c1-2-4-7-6(3-1)5-8-7;/h1-4H,5H2;1H3. The second-order valence-corrected chi connectivity index (χ2v) is 1.90. The van der Waals surface area contributed by atoms with Crippen molar-refractivity contribution in [2.24, 2.45) is 0 Å². The van der Waals surface area contributed by atoms with Gasteiger partial charge in [0.25, 0.3) is 0 Å². The van der Waals surface area contributed by atoms with Gasteiger partial charge >= 0.3 is 0 Å². The fourth-order valence-electron chi connectivity index (χ4n) is 0.839. The average molecular weight is 120 g/mol. The van der Waals surface area contributed by atoms with E-state index in [-0.39, 0.29) is 8.41 Å². The Bertz CT molecular complexity index is 187. The van der Waals surface area contributed by atoms with Crippen molar-refractivity contribution in [3.8, 4) is 5.75 Å².